The van der Waals surface area contributed by atoms with Crippen LogP contribution in [0.5, 0.6) is 0 Å². The van der Waals surface area contributed by atoms with Crippen LogP contribution in [0.4, 0.5) is 4.79 Å². The molecule has 6 nitrogen and oxygen atoms in total. The monoisotopic (exact) mass is 502 g/mol. The van der Waals surface area contributed by atoms with Gasteiger partial charge in [0.25, 0.3) is 0 Å². The summed E-state index contributed by atoms with van der Waals surface area (Å²) in [7, 11) is 0. The third-order valence-corrected chi connectivity index (χ3v) is 6.03. The summed E-state index contributed by atoms with van der Waals surface area (Å²) in [4.78, 5) is 28.4. The van der Waals surface area contributed by atoms with Gasteiger partial charge in [0.05, 0.1) is 12.1 Å². The molecule has 172 valence electrons. The quantitative estimate of drug-likeness (QED) is 0.537. The van der Waals surface area contributed by atoms with Crippen molar-refractivity contribution in [3.8, 4) is 0 Å². The van der Waals surface area contributed by atoms with Crippen LogP contribution in [0.2, 0.25) is 0 Å². The van der Waals surface area contributed by atoms with Gasteiger partial charge in [0.1, 0.15) is 12.2 Å². The molecule has 2 unspecified atom stereocenters. The van der Waals surface area contributed by atoms with Gasteiger partial charge in [-0.2, -0.15) is 0 Å². The average molecular weight is 503 g/mol. The number of hydrogen-bond acceptors (Lipinski definition) is 5. The molecule has 2 aromatic rings. The number of benzene rings is 2. The number of ether oxygens (including phenoxy) is 2. The summed E-state index contributed by atoms with van der Waals surface area (Å²) in [6.45, 7) is 8.73. The molecule has 3 rings (SSSR count). The molecule has 1 fully saturated rings. The molecule has 0 radical (unpaired) electrons. The highest BCUT2D eigenvalue weighted by atomic mass is 79.9. The summed E-state index contributed by atoms with van der Waals surface area (Å²) in [6.07, 6.45) is -0.345. The molecule has 0 bridgehead atoms. The van der Waals surface area contributed by atoms with Crippen LogP contribution in [0.3, 0.4) is 0 Å². The lowest BCUT2D eigenvalue weighted by Crippen LogP contribution is -2.58. The highest BCUT2D eigenvalue weighted by molar-refractivity contribution is 9.10. The van der Waals surface area contributed by atoms with E-state index in [9.17, 15) is 9.59 Å². The Balaban J connectivity index is 1.94. The minimum atomic E-state index is -0.568. The number of amides is 1. The first kappa shape index (κ1) is 24.3. The smallest absolute Gasteiger partial charge is 0.410 e. The van der Waals surface area contributed by atoms with Crippen LogP contribution in [0.25, 0.3) is 0 Å². The first-order valence-corrected chi connectivity index (χ1v) is 11.6. The van der Waals surface area contributed by atoms with E-state index in [1.54, 1.807) is 4.90 Å². The Hall–Kier alpha value is -2.38. The molecule has 32 heavy (non-hydrogen) atoms. The number of esters is 1. The second kappa shape index (κ2) is 10.5. The van der Waals surface area contributed by atoms with Gasteiger partial charge in [-0.15, -0.1) is 0 Å². The maximum absolute atomic E-state index is 12.7. The highest BCUT2D eigenvalue weighted by Gasteiger charge is 2.37. The van der Waals surface area contributed by atoms with E-state index < -0.39 is 5.60 Å². The molecule has 2 aromatic carbocycles. The number of carbonyl (C=O) groups is 2. The van der Waals surface area contributed by atoms with Crippen LogP contribution >= 0.6 is 15.9 Å². The summed E-state index contributed by atoms with van der Waals surface area (Å²) in [5.74, 6) is -0.337. The Morgan fingerprint density at radius 2 is 1.72 bits per heavy atom. The van der Waals surface area contributed by atoms with Crippen LogP contribution in [-0.4, -0.2) is 59.7 Å². The van der Waals surface area contributed by atoms with Crippen molar-refractivity contribution in [3.05, 3.63) is 70.2 Å². The maximum Gasteiger partial charge on any atom is 0.410 e. The SMILES string of the molecule is CC(=O)OCC1CN(C(=O)OC(C)(C)C)CCN1C(c1ccccc1)c1ccccc1Br. The fourth-order valence-electron chi connectivity index (χ4n) is 3.95. The average Bonchev–Trinajstić information content (AvgIpc) is 2.74. The Morgan fingerprint density at radius 3 is 2.34 bits per heavy atom. The molecule has 1 amide bonds. The summed E-state index contributed by atoms with van der Waals surface area (Å²) in [5.41, 5.74) is 1.69. The van der Waals surface area contributed by atoms with Gasteiger partial charge in [0, 0.05) is 31.0 Å². The van der Waals surface area contributed by atoms with Gasteiger partial charge >= 0.3 is 12.1 Å². The first-order chi connectivity index (χ1) is 15.2. The number of hydrogen-bond donors (Lipinski definition) is 0. The fourth-order valence-corrected chi connectivity index (χ4v) is 4.45. The topological polar surface area (TPSA) is 59.1 Å². The third kappa shape index (κ3) is 6.33. The summed E-state index contributed by atoms with van der Waals surface area (Å²) >= 11 is 3.71. The molecule has 2 atom stereocenters. The van der Waals surface area contributed by atoms with Crippen molar-refractivity contribution in [2.75, 3.05) is 26.2 Å². The van der Waals surface area contributed by atoms with E-state index in [-0.39, 0.29) is 30.8 Å². The van der Waals surface area contributed by atoms with Crippen molar-refractivity contribution in [1.82, 2.24) is 9.80 Å². The highest BCUT2D eigenvalue weighted by Crippen LogP contribution is 2.36. The predicted octanol–water partition coefficient (Wildman–Crippen LogP) is 5.02. The Labute approximate surface area is 198 Å². The van der Waals surface area contributed by atoms with Gasteiger partial charge < -0.3 is 14.4 Å². The molecule has 0 spiro atoms. The van der Waals surface area contributed by atoms with E-state index in [4.69, 9.17) is 9.47 Å². The Morgan fingerprint density at radius 1 is 1.06 bits per heavy atom. The summed E-state index contributed by atoms with van der Waals surface area (Å²) in [5, 5.41) is 0. The normalized spacial score (nSPS) is 18.2. The van der Waals surface area contributed by atoms with Crippen LogP contribution in [0.15, 0.2) is 59.1 Å². The molecule has 0 saturated carbocycles. The maximum atomic E-state index is 12.7. The van der Waals surface area contributed by atoms with Gasteiger partial charge in [-0.1, -0.05) is 64.5 Å². The number of carbonyl (C=O) groups excluding carboxylic acids is 2. The van der Waals surface area contributed by atoms with Crippen molar-refractivity contribution in [3.63, 3.8) is 0 Å². The largest absolute Gasteiger partial charge is 0.464 e. The van der Waals surface area contributed by atoms with Gasteiger partial charge in [-0.25, -0.2) is 4.79 Å². The van der Waals surface area contributed by atoms with E-state index in [0.29, 0.717) is 19.6 Å². The molecule has 0 N–H and O–H groups in total. The minimum Gasteiger partial charge on any atom is -0.464 e. The number of rotatable bonds is 5. The molecule has 1 aliphatic rings. The van der Waals surface area contributed by atoms with Gasteiger partial charge in [0.15, 0.2) is 0 Å². The van der Waals surface area contributed by atoms with Crippen LogP contribution in [-0.2, 0) is 14.3 Å². The summed E-state index contributed by atoms with van der Waals surface area (Å²) < 4.78 is 12.0. The lowest BCUT2D eigenvalue weighted by atomic mass is 9.94. The predicted molar refractivity (Wildman–Crippen MR) is 127 cm³/mol. The lowest BCUT2D eigenvalue weighted by molar-refractivity contribution is -0.143. The van der Waals surface area contributed by atoms with E-state index in [0.717, 1.165) is 15.6 Å². The minimum absolute atomic E-state index is 0.0619. The van der Waals surface area contributed by atoms with Crippen LogP contribution < -0.4 is 0 Å². The molecule has 0 aliphatic carbocycles. The molecule has 7 heteroatoms. The second-order valence-electron chi connectivity index (χ2n) is 8.96. The number of halogens is 1. The van der Waals surface area contributed by atoms with Gasteiger partial charge in [-0.05, 0) is 38.0 Å². The standard InChI is InChI=1S/C25H31BrN2O4/c1-18(29)31-17-20-16-27(24(30)32-25(2,3)4)14-15-28(20)23(19-10-6-5-7-11-19)21-12-8-9-13-22(21)26/h5-13,20,23H,14-17H2,1-4H3. The number of nitrogens with zero attached hydrogens (tertiary/aromatic N) is 2. The Bertz CT molecular complexity index is 929. The van der Waals surface area contributed by atoms with Crippen molar-refractivity contribution in [2.24, 2.45) is 0 Å². The lowest BCUT2D eigenvalue weighted by Gasteiger charge is -2.45. The number of piperazine rings is 1. The molecule has 1 aliphatic heterocycles. The van der Waals surface area contributed by atoms with E-state index in [1.807, 2.05) is 57.2 Å². The zero-order valence-electron chi connectivity index (χ0n) is 19.1. The van der Waals surface area contributed by atoms with Crippen molar-refractivity contribution in [2.45, 2.75) is 45.4 Å². The molecular weight excluding hydrogens is 472 g/mol. The van der Waals surface area contributed by atoms with Crippen molar-refractivity contribution in [1.29, 1.82) is 0 Å². The van der Waals surface area contributed by atoms with E-state index in [2.05, 4.69) is 39.0 Å². The van der Waals surface area contributed by atoms with Gasteiger partial charge in [-0.3, -0.25) is 9.69 Å². The van der Waals surface area contributed by atoms with Crippen LogP contribution in [0, 0.1) is 0 Å². The van der Waals surface area contributed by atoms with Gasteiger partial charge in [0.2, 0.25) is 0 Å². The van der Waals surface area contributed by atoms with Crippen LogP contribution in [0.1, 0.15) is 44.9 Å². The third-order valence-electron chi connectivity index (χ3n) is 5.31. The van der Waals surface area contributed by atoms with E-state index in [1.165, 1.54) is 6.92 Å². The summed E-state index contributed by atoms with van der Waals surface area (Å²) in [6, 6.07) is 18.2. The zero-order valence-corrected chi connectivity index (χ0v) is 20.7. The van der Waals surface area contributed by atoms with Crippen molar-refractivity contribution >= 4 is 28.0 Å². The fraction of sp³-hybridized carbons (Fsp3) is 0.440. The Kier molecular flexibility index (Phi) is 7.96. The molecule has 1 saturated heterocycles. The van der Waals surface area contributed by atoms with Crippen molar-refractivity contribution < 1.29 is 19.1 Å². The zero-order chi connectivity index (χ0) is 23.3. The first-order valence-electron chi connectivity index (χ1n) is 10.8. The molecular formula is C25H31BrN2O4. The molecule has 1 heterocycles. The van der Waals surface area contributed by atoms with E-state index >= 15 is 0 Å². The second-order valence-corrected chi connectivity index (χ2v) is 9.81. The molecule has 0 aromatic heterocycles.